The second-order valence-corrected chi connectivity index (χ2v) is 7.50. The van der Waals surface area contributed by atoms with E-state index in [9.17, 15) is 13.6 Å². The van der Waals surface area contributed by atoms with Gasteiger partial charge in [0.2, 0.25) is 0 Å². The normalized spacial score (nSPS) is 25.9. The Bertz CT molecular complexity index is 1070. The van der Waals surface area contributed by atoms with E-state index in [0.29, 0.717) is 12.0 Å². The highest BCUT2D eigenvalue weighted by molar-refractivity contribution is 5.46. The number of H-pyrrole nitrogens is 1. The van der Waals surface area contributed by atoms with Crippen LogP contribution in [0.15, 0.2) is 59.4 Å². The number of rotatable bonds is 2. The van der Waals surface area contributed by atoms with E-state index in [1.165, 1.54) is 12.1 Å². The van der Waals surface area contributed by atoms with Gasteiger partial charge in [-0.1, -0.05) is 42.5 Å². The maximum absolute atomic E-state index is 14.4. The number of nitrogens with one attached hydrogen (secondary N) is 2. The summed E-state index contributed by atoms with van der Waals surface area (Å²) in [6.07, 6.45) is -0.672. The van der Waals surface area contributed by atoms with Gasteiger partial charge in [0.05, 0.1) is 5.69 Å². The fourth-order valence-electron chi connectivity index (χ4n) is 4.61. The monoisotopic (exact) mass is 379 g/mol. The average molecular weight is 379 g/mol. The minimum absolute atomic E-state index is 0.112. The Morgan fingerprint density at radius 1 is 1.00 bits per heavy atom. The molecule has 0 amide bonds. The zero-order valence-electron chi connectivity index (χ0n) is 15.0. The van der Waals surface area contributed by atoms with Crippen LogP contribution in [0, 0.1) is 5.82 Å². The van der Waals surface area contributed by atoms with Crippen LogP contribution in [-0.2, 0) is 6.42 Å². The molecule has 0 radical (unpaired) electrons. The van der Waals surface area contributed by atoms with Gasteiger partial charge in [0, 0.05) is 35.5 Å². The molecule has 4 atom stereocenters. The second-order valence-electron chi connectivity index (χ2n) is 7.50. The molecule has 0 saturated heterocycles. The third-order valence-corrected chi connectivity index (χ3v) is 5.82. The fraction of sp³-hybridized carbons (Fsp3) is 0.273. The van der Waals surface area contributed by atoms with Crippen LogP contribution in [0.5, 0.6) is 0 Å². The van der Waals surface area contributed by atoms with Crippen molar-refractivity contribution in [3.63, 3.8) is 0 Å². The predicted octanol–water partition coefficient (Wildman–Crippen LogP) is 3.71. The maximum Gasteiger partial charge on any atom is 0.267 e. The highest BCUT2D eigenvalue weighted by atomic mass is 19.1. The molecule has 2 unspecified atom stereocenters. The number of nitrogens with zero attached hydrogens (tertiary/aromatic N) is 1. The number of alkyl halides is 1. The molecule has 0 fully saturated rings. The minimum Gasteiger partial charge on any atom is -0.302 e. The van der Waals surface area contributed by atoms with E-state index >= 15 is 0 Å². The molecule has 1 aromatic heterocycles. The quantitative estimate of drug-likeness (QED) is 0.714. The third kappa shape index (κ3) is 2.76. The SMILES string of the molecule is O=c1[nH]nc2c3c1CC(F)CC3N[C@H](c1ccc(F)cc1)[C@H]2c1ccccc1. The van der Waals surface area contributed by atoms with Crippen molar-refractivity contribution in [1.29, 1.82) is 0 Å². The number of aromatic nitrogens is 2. The van der Waals surface area contributed by atoms with Gasteiger partial charge in [-0.25, -0.2) is 13.9 Å². The van der Waals surface area contributed by atoms with Crippen molar-refractivity contribution >= 4 is 0 Å². The van der Waals surface area contributed by atoms with Gasteiger partial charge >= 0.3 is 0 Å². The molecule has 0 spiro atoms. The highest BCUT2D eigenvalue weighted by Gasteiger charge is 2.42. The lowest BCUT2D eigenvalue weighted by Gasteiger charge is -2.42. The largest absolute Gasteiger partial charge is 0.302 e. The van der Waals surface area contributed by atoms with Gasteiger partial charge in [-0.2, -0.15) is 5.10 Å². The van der Waals surface area contributed by atoms with Gasteiger partial charge in [-0.05, 0) is 29.7 Å². The summed E-state index contributed by atoms with van der Waals surface area (Å²) in [6, 6.07) is 15.7. The van der Waals surface area contributed by atoms with Crippen LogP contribution in [0.25, 0.3) is 0 Å². The first-order valence-corrected chi connectivity index (χ1v) is 9.43. The Morgan fingerprint density at radius 2 is 1.75 bits per heavy atom. The summed E-state index contributed by atoms with van der Waals surface area (Å²) >= 11 is 0. The van der Waals surface area contributed by atoms with Crippen molar-refractivity contribution in [1.82, 2.24) is 15.5 Å². The molecule has 2 aromatic carbocycles. The first kappa shape index (κ1) is 17.3. The zero-order chi connectivity index (χ0) is 19.3. The summed E-state index contributed by atoms with van der Waals surface area (Å²) in [5.41, 5.74) is 3.69. The Kier molecular flexibility index (Phi) is 4.09. The van der Waals surface area contributed by atoms with Crippen LogP contribution >= 0.6 is 0 Å². The van der Waals surface area contributed by atoms with Crippen molar-refractivity contribution in [2.45, 2.75) is 37.0 Å². The molecule has 28 heavy (non-hydrogen) atoms. The van der Waals surface area contributed by atoms with E-state index in [0.717, 1.165) is 22.4 Å². The summed E-state index contributed by atoms with van der Waals surface area (Å²) in [4.78, 5) is 12.3. The Morgan fingerprint density at radius 3 is 2.50 bits per heavy atom. The van der Waals surface area contributed by atoms with Crippen LogP contribution < -0.4 is 10.9 Å². The number of halogens is 2. The van der Waals surface area contributed by atoms with Gasteiger partial charge in [-0.3, -0.25) is 4.79 Å². The lowest BCUT2D eigenvalue weighted by atomic mass is 9.73. The van der Waals surface area contributed by atoms with E-state index in [-0.39, 0.29) is 35.8 Å². The summed E-state index contributed by atoms with van der Waals surface area (Å²) in [5.74, 6) is -0.480. The van der Waals surface area contributed by atoms with Crippen LogP contribution in [-0.4, -0.2) is 16.4 Å². The molecule has 2 heterocycles. The van der Waals surface area contributed by atoms with Gasteiger partial charge in [-0.15, -0.1) is 0 Å². The number of benzene rings is 2. The highest BCUT2D eigenvalue weighted by Crippen LogP contribution is 2.47. The maximum atomic E-state index is 14.4. The molecule has 142 valence electrons. The minimum atomic E-state index is -1.08. The van der Waals surface area contributed by atoms with Crippen molar-refractivity contribution in [2.24, 2.45) is 0 Å². The van der Waals surface area contributed by atoms with E-state index in [1.807, 2.05) is 30.3 Å². The van der Waals surface area contributed by atoms with Crippen molar-refractivity contribution in [3.05, 3.63) is 98.7 Å². The van der Waals surface area contributed by atoms with Crippen LogP contribution in [0.3, 0.4) is 0 Å². The molecule has 4 nitrogen and oxygen atoms in total. The summed E-state index contributed by atoms with van der Waals surface area (Å²) in [7, 11) is 0. The Balaban J connectivity index is 1.73. The first-order chi connectivity index (χ1) is 13.6. The van der Waals surface area contributed by atoms with Crippen molar-refractivity contribution < 1.29 is 8.78 Å². The third-order valence-electron chi connectivity index (χ3n) is 5.82. The smallest absolute Gasteiger partial charge is 0.267 e. The van der Waals surface area contributed by atoms with E-state index < -0.39 is 6.17 Å². The zero-order valence-corrected chi connectivity index (χ0v) is 15.0. The summed E-state index contributed by atoms with van der Waals surface area (Å²) in [5, 5.41) is 10.5. The molecule has 2 N–H and O–H groups in total. The standard InChI is InChI=1S/C22H19F2N3O/c23-14-8-6-13(7-9-14)20-18(12-4-2-1-3-5-12)21-19-16(22(28)27-26-21)10-15(24)11-17(19)25-20/h1-9,15,17-18,20,25H,10-11H2,(H,27,28)/t15?,17?,18-,20-/m1/s1. The Hall–Kier alpha value is -2.86. The molecule has 0 saturated carbocycles. The molecule has 1 aliphatic heterocycles. The van der Waals surface area contributed by atoms with Gasteiger partial charge in [0.1, 0.15) is 12.0 Å². The molecule has 1 aliphatic carbocycles. The first-order valence-electron chi connectivity index (χ1n) is 9.43. The molecule has 0 bridgehead atoms. The van der Waals surface area contributed by atoms with Gasteiger partial charge < -0.3 is 5.32 Å². The predicted molar refractivity (Wildman–Crippen MR) is 101 cm³/mol. The number of aromatic amines is 1. The van der Waals surface area contributed by atoms with Crippen LogP contribution in [0.2, 0.25) is 0 Å². The molecule has 6 heteroatoms. The van der Waals surface area contributed by atoms with Gasteiger partial charge in [0.25, 0.3) is 5.56 Å². The number of hydrogen-bond donors (Lipinski definition) is 2. The van der Waals surface area contributed by atoms with Crippen LogP contribution in [0.1, 0.15) is 52.4 Å². The lowest BCUT2D eigenvalue weighted by molar-refractivity contribution is 0.232. The average Bonchev–Trinajstić information content (AvgIpc) is 2.71. The summed E-state index contributed by atoms with van der Waals surface area (Å²) < 4.78 is 27.9. The lowest BCUT2D eigenvalue weighted by Crippen LogP contribution is -2.44. The van der Waals surface area contributed by atoms with Crippen molar-refractivity contribution in [3.8, 4) is 0 Å². The van der Waals surface area contributed by atoms with E-state index in [2.05, 4.69) is 15.5 Å². The van der Waals surface area contributed by atoms with E-state index in [4.69, 9.17) is 0 Å². The van der Waals surface area contributed by atoms with Crippen molar-refractivity contribution in [2.75, 3.05) is 0 Å². The molecule has 3 aromatic rings. The molecule has 5 rings (SSSR count). The second kappa shape index (κ2) is 6.63. The van der Waals surface area contributed by atoms with Crippen LogP contribution in [0.4, 0.5) is 8.78 Å². The van der Waals surface area contributed by atoms with E-state index in [1.54, 1.807) is 12.1 Å². The molecule has 2 aliphatic rings. The van der Waals surface area contributed by atoms with Gasteiger partial charge in [0.15, 0.2) is 0 Å². The number of hydrogen-bond acceptors (Lipinski definition) is 3. The summed E-state index contributed by atoms with van der Waals surface area (Å²) in [6.45, 7) is 0. The molecular formula is C22H19F2N3O. The Labute approximate surface area is 160 Å². The topological polar surface area (TPSA) is 57.8 Å². The molecular weight excluding hydrogens is 360 g/mol. The fourth-order valence-corrected chi connectivity index (χ4v) is 4.61.